The van der Waals surface area contributed by atoms with Crippen LogP contribution in [0.5, 0.6) is 5.75 Å². The van der Waals surface area contributed by atoms with Crippen molar-refractivity contribution in [1.82, 2.24) is 4.57 Å². The molecule has 0 aliphatic carbocycles. The number of thioether (sulfide) groups is 1. The lowest BCUT2D eigenvalue weighted by molar-refractivity contribution is 0.331. The first kappa shape index (κ1) is 12.0. The molecule has 0 spiro atoms. The van der Waals surface area contributed by atoms with Gasteiger partial charge in [-0.15, -0.1) is 11.8 Å². The highest BCUT2D eigenvalue weighted by molar-refractivity contribution is 7.98. The number of hydrogen-bond donors (Lipinski definition) is 0. The lowest BCUT2D eigenvalue weighted by Gasteiger charge is -2.09. The Balaban J connectivity index is 2.41. The van der Waals surface area contributed by atoms with Gasteiger partial charge in [-0.05, 0) is 43.5 Å². The number of ether oxygens (including phenoxy) is 1. The zero-order chi connectivity index (χ0) is 12.3. The van der Waals surface area contributed by atoms with Gasteiger partial charge < -0.3 is 9.30 Å². The minimum absolute atomic E-state index is 0.225. The van der Waals surface area contributed by atoms with E-state index in [0.717, 1.165) is 16.5 Å². The van der Waals surface area contributed by atoms with Crippen LogP contribution < -0.4 is 4.74 Å². The molecule has 2 nitrogen and oxygen atoms in total. The molecule has 0 atom stereocenters. The van der Waals surface area contributed by atoms with Crippen LogP contribution in [0, 0.1) is 5.82 Å². The summed E-state index contributed by atoms with van der Waals surface area (Å²) in [6, 6.07) is 8.35. The van der Waals surface area contributed by atoms with Gasteiger partial charge in [0.25, 0.3) is 0 Å². The van der Waals surface area contributed by atoms with E-state index in [2.05, 4.69) is 0 Å². The average Bonchev–Trinajstić information content (AvgIpc) is 2.73. The van der Waals surface area contributed by atoms with Gasteiger partial charge in [0.15, 0.2) is 5.75 Å². The van der Waals surface area contributed by atoms with Gasteiger partial charge in [-0.3, -0.25) is 0 Å². The molecule has 0 fully saturated rings. The van der Waals surface area contributed by atoms with Gasteiger partial charge in [0, 0.05) is 11.9 Å². The van der Waals surface area contributed by atoms with Gasteiger partial charge in [0.05, 0.1) is 6.61 Å². The summed E-state index contributed by atoms with van der Waals surface area (Å²) < 4.78 is 20.4. The molecule has 1 aromatic heterocycles. The Morgan fingerprint density at radius 2 is 1.94 bits per heavy atom. The van der Waals surface area contributed by atoms with Gasteiger partial charge in [0.2, 0.25) is 0 Å². The first-order chi connectivity index (χ1) is 8.26. The third-order valence-corrected chi connectivity index (χ3v) is 3.19. The molecule has 1 aromatic carbocycles. The molecule has 1 heterocycles. The molecule has 90 valence electrons. The van der Waals surface area contributed by atoms with Crippen molar-refractivity contribution in [3.05, 3.63) is 42.3 Å². The first-order valence-electron chi connectivity index (χ1n) is 5.40. The van der Waals surface area contributed by atoms with Crippen LogP contribution >= 0.6 is 11.8 Å². The summed E-state index contributed by atoms with van der Waals surface area (Å²) in [5.41, 5.74) is 0.932. The molecular formula is C13H14FNOS. The van der Waals surface area contributed by atoms with Gasteiger partial charge in [-0.1, -0.05) is 0 Å². The van der Waals surface area contributed by atoms with E-state index in [1.807, 2.05) is 30.0 Å². The van der Waals surface area contributed by atoms with E-state index in [1.54, 1.807) is 23.9 Å². The van der Waals surface area contributed by atoms with E-state index in [-0.39, 0.29) is 5.82 Å². The van der Waals surface area contributed by atoms with Crippen LogP contribution in [-0.4, -0.2) is 17.4 Å². The van der Waals surface area contributed by atoms with E-state index in [9.17, 15) is 4.39 Å². The summed E-state index contributed by atoms with van der Waals surface area (Å²) >= 11 is 1.61. The lowest BCUT2D eigenvalue weighted by atomic mass is 10.3. The summed E-state index contributed by atoms with van der Waals surface area (Å²) in [6.07, 6.45) is 3.93. The van der Waals surface area contributed by atoms with Crippen molar-refractivity contribution in [2.24, 2.45) is 0 Å². The summed E-state index contributed by atoms with van der Waals surface area (Å²) in [4.78, 5) is 0. The fourth-order valence-electron chi connectivity index (χ4n) is 1.67. The van der Waals surface area contributed by atoms with Crippen molar-refractivity contribution in [3.63, 3.8) is 0 Å². The molecule has 0 amide bonds. The normalized spacial score (nSPS) is 10.5. The maximum Gasteiger partial charge on any atom is 0.151 e. The van der Waals surface area contributed by atoms with Crippen LogP contribution in [0.1, 0.15) is 6.92 Å². The minimum atomic E-state index is -0.225. The summed E-state index contributed by atoms with van der Waals surface area (Å²) in [5, 5.41) is 1.03. The van der Waals surface area contributed by atoms with Gasteiger partial charge in [0.1, 0.15) is 10.8 Å². The van der Waals surface area contributed by atoms with Crippen molar-refractivity contribution in [1.29, 1.82) is 0 Å². The molecular weight excluding hydrogens is 237 g/mol. The second-order valence-electron chi connectivity index (χ2n) is 3.47. The summed E-state index contributed by atoms with van der Waals surface area (Å²) in [5.74, 6) is 0.640. The van der Waals surface area contributed by atoms with Gasteiger partial charge in [-0.25, -0.2) is 4.39 Å². The monoisotopic (exact) mass is 251 g/mol. The van der Waals surface area contributed by atoms with Crippen LogP contribution in [0.2, 0.25) is 0 Å². The smallest absolute Gasteiger partial charge is 0.151 e. The molecule has 0 aliphatic rings. The summed E-state index contributed by atoms with van der Waals surface area (Å²) in [6.45, 7) is 2.60. The quantitative estimate of drug-likeness (QED) is 0.768. The van der Waals surface area contributed by atoms with E-state index in [1.165, 1.54) is 12.1 Å². The molecule has 0 aliphatic heterocycles. The molecule has 0 saturated heterocycles. The standard InChI is InChI=1S/C13H14FNOS/c1-3-16-12-8-9-15(13(12)17-2)11-6-4-10(14)5-7-11/h4-9H,3H2,1-2H3. The Bertz CT molecular complexity index is 493. The molecule has 4 heteroatoms. The second kappa shape index (κ2) is 5.27. The average molecular weight is 251 g/mol. The predicted octanol–water partition coefficient (Wildman–Crippen LogP) is 3.74. The number of aromatic nitrogens is 1. The lowest BCUT2D eigenvalue weighted by Crippen LogP contribution is -1.96. The third kappa shape index (κ3) is 2.47. The van der Waals surface area contributed by atoms with Crippen LogP contribution in [0.25, 0.3) is 5.69 Å². The zero-order valence-electron chi connectivity index (χ0n) is 9.81. The fraction of sp³-hybridized carbons (Fsp3) is 0.231. The highest BCUT2D eigenvalue weighted by Gasteiger charge is 2.10. The van der Waals surface area contributed by atoms with E-state index < -0.39 is 0 Å². The van der Waals surface area contributed by atoms with E-state index in [4.69, 9.17) is 4.74 Å². The van der Waals surface area contributed by atoms with Crippen molar-refractivity contribution in [3.8, 4) is 11.4 Å². The molecule has 2 rings (SSSR count). The topological polar surface area (TPSA) is 14.2 Å². The largest absolute Gasteiger partial charge is 0.491 e. The van der Waals surface area contributed by atoms with Crippen LogP contribution in [0.15, 0.2) is 41.6 Å². The van der Waals surface area contributed by atoms with Crippen molar-refractivity contribution >= 4 is 11.8 Å². The maximum atomic E-state index is 12.9. The molecule has 0 N–H and O–H groups in total. The Labute approximate surface area is 104 Å². The molecule has 0 radical (unpaired) electrons. The van der Waals surface area contributed by atoms with E-state index >= 15 is 0 Å². The van der Waals surface area contributed by atoms with Crippen molar-refractivity contribution < 1.29 is 9.13 Å². The van der Waals surface area contributed by atoms with Crippen LogP contribution in [-0.2, 0) is 0 Å². The fourth-order valence-corrected chi connectivity index (χ4v) is 2.36. The Hall–Kier alpha value is -1.42. The van der Waals surface area contributed by atoms with E-state index in [0.29, 0.717) is 6.61 Å². The minimum Gasteiger partial charge on any atom is -0.491 e. The maximum absolute atomic E-state index is 12.9. The van der Waals surface area contributed by atoms with Crippen LogP contribution in [0.3, 0.4) is 0 Å². The highest BCUT2D eigenvalue weighted by Crippen LogP contribution is 2.31. The number of hydrogen-bond acceptors (Lipinski definition) is 2. The molecule has 0 saturated carbocycles. The SMILES string of the molecule is CCOc1ccn(-c2ccc(F)cc2)c1SC. The van der Waals surface area contributed by atoms with Gasteiger partial charge >= 0.3 is 0 Å². The Morgan fingerprint density at radius 1 is 1.24 bits per heavy atom. The third-order valence-electron chi connectivity index (χ3n) is 2.40. The number of halogens is 1. The second-order valence-corrected chi connectivity index (χ2v) is 4.26. The van der Waals surface area contributed by atoms with Crippen LogP contribution in [0.4, 0.5) is 4.39 Å². The number of nitrogens with zero attached hydrogens (tertiary/aromatic N) is 1. The molecule has 0 unspecified atom stereocenters. The molecule has 0 bridgehead atoms. The zero-order valence-corrected chi connectivity index (χ0v) is 10.6. The number of benzene rings is 1. The number of rotatable bonds is 4. The highest BCUT2D eigenvalue weighted by atomic mass is 32.2. The Morgan fingerprint density at radius 3 is 2.53 bits per heavy atom. The predicted molar refractivity (Wildman–Crippen MR) is 68.7 cm³/mol. The first-order valence-corrected chi connectivity index (χ1v) is 6.62. The summed E-state index contributed by atoms with van der Waals surface area (Å²) in [7, 11) is 0. The van der Waals surface area contributed by atoms with Crippen molar-refractivity contribution in [2.75, 3.05) is 12.9 Å². The molecule has 17 heavy (non-hydrogen) atoms. The van der Waals surface area contributed by atoms with Crippen molar-refractivity contribution in [2.45, 2.75) is 11.9 Å². The molecule has 2 aromatic rings. The Kier molecular flexibility index (Phi) is 3.74. The van der Waals surface area contributed by atoms with Gasteiger partial charge in [-0.2, -0.15) is 0 Å².